The Morgan fingerprint density at radius 1 is 1.19 bits per heavy atom. The van der Waals surface area contributed by atoms with Gasteiger partial charge in [0.05, 0.1) is 12.5 Å². The number of nitrogens with one attached hydrogen (secondary N) is 2. The molecule has 0 saturated carbocycles. The highest BCUT2D eigenvalue weighted by molar-refractivity contribution is 5.76. The van der Waals surface area contributed by atoms with E-state index in [2.05, 4.69) is 10.6 Å². The van der Waals surface area contributed by atoms with Gasteiger partial charge >= 0.3 is 12.0 Å². The molecular formula is C14H19N3O4. The zero-order valence-corrected chi connectivity index (χ0v) is 11.5. The number of carbonyl (C=O) groups is 3. The van der Waals surface area contributed by atoms with Gasteiger partial charge in [-0.15, -0.1) is 0 Å². The van der Waals surface area contributed by atoms with Crippen molar-refractivity contribution in [2.75, 3.05) is 6.54 Å². The number of nitrogens with two attached hydrogens (primary N) is 1. The summed E-state index contributed by atoms with van der Waals surface area (Å²) in [6.45, 7) is 0.295. The van der Waals surface area contributed by atoms with Crippen LogP contribution < -0.4 is 16.4 Å². The van der Waals surface area contributed by atoms with Crippen LogP contribution in [0.25, 0.3) is 0 Å². The summed E-state index contributed by atoms with van der Waals surface area (Å²) in [4.78, 5) is 33.2. The lowest BCUT2D eigenvalue weighted by molar-refractivity contribution is -0.137. The van der Waals surface area contributed by atoms with Gasteiger partial charge in [0.15, 0.2) is 0 Å². The minimum atomic E-state index is -1.00. The third-order valence-corrected chi connectivity index (χ3v) is 2.77. The molecule has 7 nitrogen and oxygen atoms in total. The van der Waals surface area contributed by atoms with Gasteiger partial charge < -0.3 is 21.5 Å². The third-order valence-electron chi connectivity index (χ3n) is 2.77. The van der Waals surface area contributed by atoms with E-state index in [4.69, 9.17) is 10.8 Å². The van der Waals surface area contributed by atoms with E-state index in [0.29, 0.717) is 18.5 Å². The molecule has 0 heterocycles. The number of hydrogen-bond donors (Lipinski definition) is 4. The minimum Gasteiger partial charge on any atom is -0.481 e. The molecular weight excluding hydrogens is 274 g/mol. The largest absolute Gasteiger partial charge is 0.481 e. The highest BCUT2D eigenvalue weighted by Gasteiger charge is 2.17. The summed E-state index contributed by atoms with van der Waals surface area (Å²) < 4.78 is 0. The number of amides is 3. The van der Waals surface area contributed by atoms with Crippen molar-refractivity contribution in [3.63, 3.8) is 0 Å². The number of primary amides is 1. The Kier molecular flexibility index (Phi) is 6.73. The monoisotopic (exact) mass is 293 g/mol. The number of carboxylic acids is 1. The Balaban J connectivity index is 2.51. The normalized spacial score (nSPS) is 11.4. The van der Waals surface area contributed by atoms with Crippen molar-refractivity contribution in [2.45, 2.75) is 25.3 Å². The van der Waals surface area contributed by atoms with Crippen LogP contribution in [-0.2, 0) is 9.59 Å². The minimum absolute atomic E-state index is 0.192. The Labute approximate surface area is 122 Å². The summed E-state index contributed by atoms with van der Waals surface area (Å²) in [6, 6.07) is 7.77. The molecule has 0 fully saturated rings. The predicted octanol–water partition coefficient (Wildman–Crippen LogP) is 0.767. The Bertz CT molecular complexity index is 490. The lowest BCUT2D eigenvalue weighted by atomic mass is 10.0. The number of carboxylic acid groups (broad SMARTS) is 1. The summed E-state index contributed by atoms with van der Waals surface area (Å²) in [5, 5.41) is 14.1. The van der Waals surface area contributed by atoms with E-state index in [9.17, 15) is 14.4 Å². The summed E-state index contributed by atoms with van der Waals surface area (Å²) in [7, 11) is 0. The van der Waals surface area contributed by atoms with Crippen LogP contribution in [0.4, 0.5) is 4.79 Å². The van der Waals surface area contributed by atoms with E-state index in [1.807, 2.05) is 6.07 Å². The molecule has 0 aliphatic heterocycles. The van der Waals surface area contributed by atoms with E-state index in [0.717, 1.165) is 0 Å². The molecule has 114 valence electrons. The van der Waals surface area contributed by atoms with Gasteiger partial charge in [-0.1, -0.05) is 30.3 Å². The number of aliphatic carboxylic acids is 1. The van der Waals surface area contributed by atoms with Crippen molar-refractivity contribution in [2.24, 2.45) is 5.73 Å². The van der Waals surface area contributed by atoms with E-state index >= 15 is 0 Å². The molecule has 1 aromatic carbocycles. The molecule has 5 N–H and O–H groups in total. The molecule has 0 saturated heterocycles. The van der Waals surface area contributed by atoms with Crippen LogP contribution in [0.1, 0.15) is 30.9 Å². The second-order valence-electron chi connectivity index (χ2n) is 4.53. The molecule has 0 bridgehead atoms. The molecule has 0 aromatic heterocycles. The average Bonchev–Trinajstić information content (AvgIpc) is 2.43. The first-order chi connectivity index (χ1) is 9.99. The second-order valence-corrected chi connectivity index (χ2v) is 4.53. The van der Waals surface area contributed by atoms with Gasteiger partial charge in [-0.2, -0.15) is 0 Å². The fraction of sp³-hybridized carbons (Fsp3) is 0.357. The van der Waals surface area contributed by atoms with Crippen LogP contribution in [0.3, 0.4) is 0 Å². The Hall–Kier alpha value is -2.57. The van der Waals surface area contributed by atoms with Crippen LogP contribution in [0, 0.1) is 0 Å². The van der Waals surface area contributed by atoms with Crippen LogP contribution in [-0.4, -0.2) is 29.6 Å². The molecule has 0 aliphatic rings. The van der Waals surface area contributed by atoms with Gasteiger partial charge in [-0.05, 0) is 12.0 Å². The first kappa shape index (κ1) is 16.5. The molecule has 1 rings (SSSR count). The molecule has 0 radical (unpaired) electrons. The zero-order chi connectivity index (χ0) is 15.7. The van der Waals surface area contributed by atoms with Crippen LogP contribution in [0.5, 0.6) is 0 Å². The topological polar surface area (TPSA) is 122 Å². The molecule has 7 heteroatoms. The lowest BCUT2D eigenvalue weighted by Gasteiger charge is -2.17. The summed E-state index contributed by atoms with van der Waals surface area (Å²) >= 11 is 0. The zero-order valence-electron chi connectivity index (χ0n) is 11.5. The van der Waals surface area contributed by atoms with E-state index in [1.54, 1.807) is 24.3 Å². The number of carbonyl (C=O) groups excluding carboxylic acids is 2. The third kappa shape index (κ3) is 6.95. The number of urea groups is 1. The van der Waals surface area contributed by atoms with E-state index in [1.165, 1.54) is 0 Å². The smallest absolute Gasteiger partial charge is 0.315 e. The summed E-state index contributed by atoms with van der Waals surface area (Å²) in [5.74, 6) is -1.43. The van der Waals surface area contributed by atoms with Crippen LogP contribution >= 0.6 is 0 Å². The predicted molar refractivity (Wildman–Crippen MR) is 76.4 cm³/mol. The Morgan fingerprint density at radius 3 is 2.43 bits per heavy atom. The highest BCUT2D eigenvalue weighted by atomic mass is 16.4. The maximum atomic E-state index is 11.7. The Morgan fingerprint density at radius 2 is 1.86 bits per heavy atom. The number of rotatable bonds is 8. The van der Waals surface area contributed by atoms with Gasteiger partial charge in [0.2, 0.25) is 5.91 Å². The van der Waals surface area contributed by atoms with Gasteiger partial charge in [0, 0.05) is 13.0 Å². The number of hydrogen-bond acceptors (Lipinski definition) is 3. The first-order valence-corrected chi connectivity index (χ1v) is 6.58. The second kappa shape index (κ2) is 8.57. The van der Waals surface area contributed by atoms with Gasteiger partial charge in [0.1, 0.15) is 0 Å². The standard InChI is InChI=1S/C14H19N3O4/c15-12(18)7-4-8-16-14(21)17-11(9-13(19)20)10-5-2-1-3-6-10/h1-3,5-6,11H,4,7-9H2,(H2,15,18)(H,19,20)(H2,16,17,21). The van der Waals surface area contributed by atoms with Gasteiger partial charge in [-0.25, -0.2) is 4.79 Å². The lowest BCUT2D eigenvalue weighted by Crippen LogP contribution is -2.39. The van der Waals surface area contributed by atoms with Crippen LogP contribution in [0.2, 0.25) is 0 Å². The SMILES string of the molecule is NC(=O)CCCNC(=O)NC(CC(=O)O)c1ccccc1. The van der Waals surface area contributed by atoms with E-state index < -0.39 is 23.9 Å². The van der Waals surface area contributed by atoms with E-state index in [-0.39, 0.29) is 12.8 Å². The molecule has 1 aromatic rings. The fourth-order valence-electron chi connectivity index (χ4n) is 1.79. The van der Waals surface area contributed by atoms with Crippen molar-refractivity contribution >= 4 is 17.9 Å². The first-order valence-electron chi connectivity index (χ1n) is 6.58. The van der Waals surface area contributed by atoms with Crippen molar-refractivity contribution in [3.8, 4) is 0 Å². The molecule has 0 aliphatic carbocycles. The van der Waals surface area contributed by atoms with Crippen molar-refractivity contribution in [1.82, 2.24) is 10.6 Å². The van der Waals surface area contributed by atoms with Crippen molar-refractivity contribution in [1.29, 1.82) is 0 Å². The summed E-state index contributed by atoms with van der Waals surface area (Å²) in [5.41, 5.74) is 5.70. The molecule has 1 unspecified atom stereocenters. The fourth-order valence-corrected chi connectivity index (χ4v) is 1.79. The van der Waals surface area contributed by atoms with Crippen LogP contribution in [0.15, 0.2) is 30.3 Å². The van der Waals surface area contributed by atoms with Gasteiger partial charge in [0.25, 0.3) is 0 Å². The van der Waals surface area contributed by atoms with Crippen molar-refractivity contribution < 1.29 is 19.5 Å². The molecule has 3 amide bonds. The molecule has 1 atom stereocenters. The quantitative estimate of drug-likeness (QED) is 0.529. The highest BCUT2D eigenvalue weighted by Crippen LogP contribution is 2.16. The maximum Gasteiger partial charge on any atom is 0.315 e. The average molecular weight is 293 g/mol. The molecule has 21 heavy (non-hydrogen) atoms. The molecule has 0 spiro atoms. The maximum absolute atomic E-state index is 11.7. The number of benzene rings is 1. The summed E-state index contributed by atoms with van der Waals surface area (Å²) in [6.07, 6.45) is 0.425. The van der Waals surface area contributed by atoms with Crippen molar-refractivity contribution in [3.05, 3.63) is 35.9 Å². The van der Waals surface area contributed by atoms with Gasteiger partial charge in [-0.3, -0.25) is 9.59 Å².